The first kappa shape index (κ1) is 21.0. The molecule has 1 aliphatic carbocycles. The SMILES string of the molecule is COc1cc(OC)c([C@@H]2CC(=O)N(c3ccccc3C)C3=C2C(=O)CCC3)cc1OC. The highest BCUT2D eigenvalue weighted by Crippen LogP contribution is 2.48. The average Bonchev–Trinajstić information content (AvgIpc) is 2.78. The van der Waals surface area contributed by atoms with Gasteiger partial charge in [-0.15, -0.1) is 0 Å². The van der Waals surface area contributed by atoms with E-state index in [0.717, 1.165) is 28.9 Å². The van der Waals surface area contributed by atoms with E-state index >= 15 is 0 Å². The molecule has 0 unspecified atom stereocenters. The van der Waals surface area contributed by atoms with Crippen LogP contribution in [0, 0.1) is 6.92 Å². The van der Waals surface area contributed by atoms with Crippen LogP contribution < -0.4 is 19.1 Å². The topological polar surface area (TPSA) is 65.1 Å². The lowest BCUT2D eigenvalue weighted by atomic mass is 9.76. The molecule has 2 aromatic rings. The first-order valence-electron chi connectivity index (χ1n) is 10.4. The van der Waals surface area contributed by atoms with Gasteiger partial charge in [-0.05, 0) is 37.5 Å². The van der Waals surface area contributed by atoms with Crippen molar-refractivity contribution >= 4 is 17.4 Å². The Labute approximate surface area is 182 Å². The number of ether oxygens (including phenoxy) is 3. The number of benzene rings is 2. The molecule has 0 aromatic heterocycles. The number of ketones is 1. The first-order valence-corrected chi connectivity index (χ1v) is 10.4. The first-order chi connectivity index (χ1) is 15.0. The molecule has 1 amide bonds. The smallest absolute Gasteiger partial charge is 0.232 e. The second-order valence-corrected chi connectivity index (χ2v) is 7.86. The van der Waals surface area contributed by atoms with Gasteiger partial charge in [0.1, 0.15) is 5.75 Å². The summed E-state index contributed by atoms with van der Waals surface area (Å²) in [5.74, 6) is 1.34. The monoisotopic (exact) mass is 421 g/mol. The number of carbonyl (C=O) groups excluding carboxylic acids is 2. The van der Waals surface area contributed by atoms with Gasteiger partial charge < -0.3 is 14.2 Å². The molecule has 0 N–H and O–H groups in total. The van der Waals surface area contributed by atoms with Crippen LogP contribution in [0.2, 0.25) is 0 Å². The number of Topliss-reactive ketones (excluding diaryl/α,β-unsaturated/α-hetero) is 1. The number of rotatable bonds is 5. The minimum atomic E-state index is -0.384. The molecular formula is C25H27NO5. The Bertz CT molecular complexity index is 1070. The molecule has 1 heterocycles. The van der Waals surface area contributed by atoms with E-state index in [1.165, 1.54) is 0 Å². The van der Waals surface area contributed by atoms with Gasteiger partial charge in [0.15, 0.2) is 17.3 Å². The number of allylic oxidation sites excluding steroid dienone is 2. The summed E-state index contributed by atoms with van der Waals surface area (Å²) < 4.78 is 16.5. The number of hydrogen-bond donors (Lipinski definition) is 0. The lowest BCUT2D eigenvalue weighted by molar-refractivity contribution is -0.119. The van der Waals surface area contributed by atoms with E-state index in [1.54, 1.807) is 32.3 Å². The number of methoxy groups -OCH3 is 3. The fourth-order valence-corrected chi connectivity index (χ4v) is 4.68. The summed E-state index contributed by atoms with van der Waals surface area (Å²) in [6.45, 7) is 1.98. The average molecular weight is 421 g/mol. The largest absolute Gasteiger partial charge is 0.496 e. The van der Waals surface area contributed by atoms with Crippen molar-refractivity contribution in [1.29, 1.82) is 0 Å². The number of hydrogen-bond acceptors (Lipinski definition) is 5. The Hall–Kier alpha value is -3.28. The van der Waals surface area contributed by atoms with Crippen LogP contribution in [0.15, 0.2) is 47.7 Å². The van der Waals surface area contributed by atoms with Crippen LogP contribution in [-0.2, 0) is 9.59 Å². The van der Waals surface area contributed by atoms with Crippen molar-refractivity contribution in [2.24, 2.45) is 0 Å². The second-order valence-electron chi connectivity index (χ2n) is 7.86. The third-order valence-electron chi connectivity index (χ3n) is 6.14. The van der Waals surface area contributed by atoms with E-state index in [0.29, 0.717) is 35.7 Å². The van der Waals surface area contributed by atoms with Gasteiger partial charge in [-0.3, -0.25) is 14.5 Å². The van der Waals surface area contributed by atoms with Crippen molar-refractivity contribution in [1.82, 2.24) is 0 Å². The fraction of sp³-hybridized carbons (Fsp3) is 0.360. The molecule has 0 saturated carbocycles. The summed E-state index contributed by atoms with van der Waals surface area (Å²) in [6.07, 6.45) is 2.10. The molecule has 0 spiro atoms. The molecule has 2 aromatic carbocycles. The maximum Gasteiger partial charge on any atom is 0.232 e. The van der Waals surface area contributed by atoms with Gasteiger partial charge in [-0.25, -0.2) is 0 Å². The summed E-state index contributed by atoms with van der Waals surface area (Å²) >= 11 is 0. The highest BCUT2D eigenvalue weighted by Gasteiger charge is 2.41. The lowest BCUT2D eigenvalue weighted by Gasteiger charge is -2.39. The summed E-state index contributed by atoms with van der Waals surface area (Å²) in [4.78, 5) is 28.4. The van der Waals surface area contributed by atoms with Crippen LogP contribution in [-0.4, -0.2) is 33.0 Å². The van der Waals surface area contributed by atoms with Crippen molar-refractivity contribution in [2.45, 2.75) is 38.5 Å². The van der Waals surface area contributed by atoms with Gasteiger partial charge in [0, 0.05) is 41.7 Å². The Balaban J connectivity index is 1.92. The molecule has 0 saturated heterocycles. The van der Waals surface area contributed by atoms with Crippen molar-refractivity contribution in [3.05, 3.63) is 58.8 Å². The fourth-order valence-electron chi connectivity index (χ4n) is 4.68. The molecular weight excluding hydrogens is 394 g/mol. The molecule has 1 aliphatic heterocycles. The normalized spacial score (nSPS) is 18.7. The zero-order valence-corrected chi connectivity index (χ0v) is 18.4. The number of aryl methyl sites for hydroxylation is 1. The quantitative estimate of drug-likeness (QED) is 0.709. The van der Waals surface area contributed by atoms with Crippen molar-refractivity contribution in [2.75, 3.05) is 26.2 Å². The maximum absolute atomic E-state index is 13.5. The Morgan fingerprint density at radius 2 is 1.58 bits per heavy atom. The van der Waals surface area contributed by atoms with Crippen LogP contribution in [0.25, 0.3) is 0 Å². The Morgan fingerprint density at radius 3 is 2.26 bits per heavy atom. The van der Waals surface area contributed by atoms with Crippen molar-refractivity contribution < 1.29 is 23.8 Å². The summed E-state index contributed by atoms with van der Waals surface area (Å²) in [5.41, 5.74) is 4.12. The highest BCUT2D eigenvalue weighted by atomic mass is 16.5. The summed E-state index contributed by atoms with van der Waals surface area (Å²) in [5, 5.41) is 0. The van der Waals surface area contributed by atoms with Crippen molar-refractivity contribution in [3.63, 3.8) is 0 Å². The minimum Gasteiger partial charge on any atom is -0.496 e. The second kappa shape index (κ2) is 8.46. The number of carbonyl (C=O) groups is 2. The van der Waals surface area contributed by atoms with Crippen LogP contribution in [0.5, 0.6) is 17.2 Å². The Morgan fingerprint density at radius 1 is 0.903 bits per heavy atom. The van der Waals surface area contributed by atoms with E-state index < -0.39 is 0 Å². The van der Waals surface area contributed by atoms with Gasteiger partial charge in [-0.1, -0.05) is 18.2 Å². The predicted octanol–water partition coefficient (Wildman–Crippen LogP) is 4.55. The molecule has 6 heteroatoms. The molecule has 162 valence electrons. The highest BCUT2D eigenvalue weighted by molar-refractivity contribution is 6.07. The summed E-state index contributed by atoms with van der Waals surface area (Å²) in [7, 11) is 4.70. The number of nitrogens with zero attached hydrogens (tertiary/aromatic N) is 1. The maximum atomic E-state index is 13.5. The molecule has 1 atom stereocenters. The zero-order chi connectivity index (χ0) is 22.1. The van der Waals surface area contributed by atoms with Crippen LogP contribution in [0.3, 0.4) is 0 Å². The zero-order valence-electron chi connectivity index (χ0n) is 18.4. The number of amides is 1. The summed E-state index contributed by atoms with van der Waals surface area (Å²) in [6, 6.07) is 11.4. The Kier molecular flexibility index (Phi) is 5.72. The molecule has 4 rings (SSSR count). The molecule has 0 radical (unpaired) electrons. The third-order valence-corrected chi connectivity index (χ3v) is 6.14. The van der Waals surface area contributed by atoms with E-state index in [-0.39, 0.29) is 24.0 Å². The molecule has 6 nitrogen and oxygen atoms in total. The van der Waals surface area contributed by atoms with Gasteiger partial charge in [-0.2, -0.15) is 0 Å². The van der Waals surface area contributed by atoms with E-state index in [9.17, 15) is 9.59 Å². The third kappa shape index (κ3) is 3.56. The van der Waals surface area contributed by atoms with E-state index in [2.05, 4.69) is 0 Å². The van der Waals surface area contributed by atoms with Gasteiger partial charge in [0.2, 0.25) is 5.91 Å². The van der Waals surface area contributed by atoms with Gasteiger partial charge in [0.05, 0.1) is 27.0 Å². The van der Waals surface area contributed by atoms with E-state index in [1.807, 2.05) is 37.3 Å². The van der Waals surface area contributed by atoms with Gasteiger partial charge >= 0.3 is 0 Å². The van der Waals surface area contributed by atoms with E-state index in [4.69, 9.17) is 14.2 Å². The molecule has 0 fully saturated rings. The number of anilines is 1. The van der Waals surface area contributed by atoms with Crippen molar-refractivity contribution in [3.8, 4) is 17.2 Å². The van der Waals surface area contributed by atoms with Crippen LogP contribution in [0.4, 0.5) is 5.69 Å². The van der Waals surface area contributed by atoms with Gasteiger partial charge in [0.25, 0.3) is 0 Å². The number of para-hydroxylation sites is 1. The van der Waals surface area contributed by atoms with Crippen LogP contribution in [0.1, 0.15) is 42.7 Å². The molecule has 31 heavy (non-hydrogen) atoms. The standard InChI is InChI=1S/C25H27NO5/c1-15-8-5-6-9-18(15)26-19-10-7-11-20(27)25(19)17(13-24(26)28)16-12-22(30-3)23(31-4)14-21(16)29-2/h5-6,8-9,12,14,17H,7,10-11,13H2,1-4H3/t17-/m0/s1. The predicted molar refractivity (Wildman–Crippen MR) is 118 cm³/mol. The lowest BCUT2D eigenvalue weighted by Crippen LogP contribution is -2.41. The van der Waals surface area contributed by atoms with Crippen LogP contribution >= 0.6 is 0 Å². The molecule has 0 bridgehead atoms. The minimum absolute atomic E-state index is 0.0235. The molecule has 2 aliphatic rings.